The number of amides is 1. The Morgan fingerprint density at radius 1 is 1.16 bits per heavy atom. The number of Topliss-reactive ketones (excluding diaryl/α,β-unsaturated/α-hetero) is 1. The first-order valence-electron chi connectivity index (χ1n) is 7.58. The van der Waals surface area contributed by atoms with E-state index in [2.05, 4.69) is 0 Å². The molecule has 0 aromatic heterocycles. The van der Waals surface area contributed by atoms with E-state index in [0.29, 0.717) is 18.2 Å². The number of hydrogen-bond acceptors (Lipinski definition) is 7. The number of rotatable bonds is 8. The summed E-state index contributed by atoms with van der Waals surface area (Å²) in [4.78, 5) is 25.9. The summed E-state index contributed by atoms with van der Waals surface area (Å²) in [7, 11) is 2.94. The van der Waals surface area contributed by atoms with Crippen LogP contribution in [0, 0.1) is 0 Å². The smallest absolute Gasteiger partial charge is 0.419 e. The summed E-state index contributed by atoms with van der Waals surface area (Å²) >= 11 is 1.44. The minimum absolute atomic E-state index is 0.0116. The van der Waals surface area contributed by atoms with Crippen LogP contribution < -0.4 is 0 Å². The average Bonchev–Trinajstić information content (AvgIpc) is 3.01. The third kappa shape index (κ3) is 4.97. The van der Waals surface area contributed by atoms with Crippen molar-refractivity contribution in [2.75, 3.05) is 33.7 Å². The van der Waals surface area contributed by atoms with Crippen molar-refractivity contribution in [2.24, 2.45) is 0 Å². The van der Waals surface area contributed by atoms with Gasteiger partial charge in [-0.05, 0) is 18.1 Å². The largest absolute Gasteiger partial charge is 0.451 e. The van der Waals surface area contributed by atoms with Gasteiger partial charge in [-0.15, -0.1) is 0 Å². The molecular weight excluding hydrogens is 346 g/mol. The Bertz CT molecular complexity index is 660. The lowest BCUT2D eigenvalue weighted by Gasteiger charge is -2.19. The summed E-state index contributed by atoms with van der Waals surface area (Å²) < 4.78 is 20.4. The van der Waals surface area contributed by atoms with Gasteiger partial charge in [0.2, 0.25) is 5.88 Å². The van der Waals surface area contributed by atoms with Crippen molar-refractivity contribution in [3.63, 3.8) is 0 Å². The lowest BCUT2D eigenvalue weighted by atomic mass is 10.0. The lowest BCUT2D eigenvalue weighted by Crippen LogP contribution is -2.30. The molecule has 2 rings (SSSR count). The highest BCUT2D eigenvalue weighted by Crippen LogP contribution is 2.41. The monoisotopic (exact) mass is 367 g/mol. The van der Waals surface area contributed by atoms with Gasteiger partial charge in [-0.2, -0.15) is 0 Å². The first kappa shape index (κ1) is 19.3. The molecule has 1 aromatic carbocycles. The number of hydrogen-bond donors (Lipinski definition) is 0. The minimum Gasteiger partial charge on any atom is -0.451 e. The molecule has 0 radical (unpaired) electrons. The van der Waals surface area contributed by atoms with Crippen LogP contribution in [0.25, 0.3) is 4.91 Å². The quantitative estimate of drug-likeness (QED) is 0.654. The van der Waals surface area contributed by atoms with Gasteiger partial charge >= 0.3 is 6.09 Å². The van der Waals surface area contributed by atoms with Gasteiger partial charge in [0, 0.05) is 20.6 Å². The summed E-state index contributed by atoms with van der Waals surface area (Å²) in [6.07, 6.45) is -0.258. The number of benzene rings is 1. The van der Waals surface area contributed by atoms with Gasteiger partial charge in [0.1, 0.15) is 5.78 Å². The number of nitrogens with zero attached hydrogens (tertiary/aromatic N) is 1. The van der Waals surface area contributed by atoms with Crippen LogP contribution in [-0.4, -0.2) is 50.5 Å². The predicted molar refractivity (Wildman–Crippen MR) is 93.4 cm³/mol. The van der Waals surface area contributed by atoms with Gasteiger partial charge in [0.15, 0.2) is 13.6 Å². The Labute approximate surface area is 150 Å². The summed E-state index contributed by atoms with van der Waals surface area (Å²) in [5.41, 5.74) is 1.74. The topological polar surface area (TPSA) is 74.3 Å². The first-order valence-corrected chi connectivity index (χ1v) is 8.56. The number of carbonyl (C=O) groups excluding carboxylic acids is 2. The van der Waals surface area contributed by atoms with Gasteiger partial charge in [-0.1, -0.05) is 36.0 Å². The number of ketones is 1. The maximum atomic E-state index is 12.2. The molecule has 0 bridgehead atoms. The molecule has 0 atom stereocenters. The summed E-state index contributed by atoms with van der Waals surface area (Å²) in [6.45, 7) is 1.39. The van der Waals surface area contributed by atoms with Crippen LogP contribution in [0.2, 0.25) is 0 Å². The molecule has 8 heteroatoms. The Kier molecular flexibility index (Phi) is 7.30. The molecule has 0 saturated heterocycles. The molecule has 0 N–H and O–H groups in total. The van der Waals surface area contributed by atoms with Gasteiger partial charge in [0.25, 0.3) is 0 Å². The fraction of sp³-hybridized carbons (Fsp3) is 0.412. The first-order chi connectivity index (χ1) is 12.1. The Morgan fingerprint density at radius 3 is 2.56 bits per heavy atom. The van der Waals surface area contributed by atoms with Crippen molar-refractivity contribution in [1.82, 2.24) is 4.90 Å². The fourth-order valence-corrected chi connectivity index (χ4v) is 3.44. The molecule has 1 heterocycles. The molecule has 25 heavy (non-hydrogen) atoms. The second-order valence-electron chi connectivity index (χ2n) is 5.24. The summed E-state index contributed by atoms with van der Waals surface area (Å²) in [5, 5.41) is 0. The second kappa shape index (κ2) is 9.45. The van der Waals surface area contributed by atoms with Crippen molar-refractivity contribution >= 4 is 28.5 Å². The van der Waals surface area contributed by atoms with E-state index in [1.54, 1.807) is 6.92 Å². The van der Waals surface area contributed by atoms with Gasteiger partial charge in [-0.3, -0.25) is 4.79 Å². The Hall–Kier alpha value is -2.03. The molecule has 0 saturated carbocycles. The zero-order chi connectivity index (χ0) is 18.2. The second-order valence-corrected chi connectivity index (χ2v) is 6.19. The molecule has 136 valence electrons. The molecule has 0 unspecified atom stereocenters. The van der Waals surface area contributed by atoms with Crippen LogP contribution in [0.4, 0.5) is 4.79 Å². The van der Waals surface area contributed by atoms with Crippen LogP contribution in [0.1, 0.15) is 18.1 Å². The number of thioether (sulfide) groups is 1. The van der Waals surface area contributed by atoms with Crippen molar-refractivity contribution in [3.05, 3.63) is 41.3 Å². The van der Waals surface area contributed by atoms with Crippen LogP contribution in [0.3, 0.4) is 0 Å². The third-order valence-electron chi connectivity index (χ3n) is 3.31. The maximum absolute atomic E-state index is 12.2. The van der Waals surface area contributed by atoms with Crippen molar-refractivity contribution in [3.8, 4) is 0 Å². The van der Waals surface area contributed by atoms with E-state index in [-0.39, 0.29) is 19.4 Å². The van der Waals surface area contributed by atoms with Gasteiger partial charge in [0.05, 0.1) is 10.8 Å². The van der Waals surface area contributed by atoms with Crippen LogP contribution in [-0.2, 0) is 30.2 Å². The van der Waals surface area contributed by atoms with Gasteiger partial charge < -0.3 is 18.9 Å². The minimum atomic E-state index is -0.570. The van der Waals surface area contributed by atoms with Crippen molar-refractivity contribution < 1.29 is 28.5 Å². The predicted octanol–water partition coefficient (Wildman–Crippen LogP) is 2.81. The molecule has 1 amide bonds. The Balaban J connectivity index is 2.37. The highest BCUT2D eigenvalue weighted by molar-refractivity contribution is 8.08. The van der Waals surface area contributed by atoms with E-state index in [0.717, 1.165) is 16.0 Å². The van der Waals surface area contributed by atoms with E-state index in [9.17, 15) is 9.59 Å². The van der Waals surface area contributed by atoms with E-state index in [1.807, 2.05) is 24.3 Å². The summed E-state index contributed by atoms with van der Waals surface area (Å²) in [5.74, 6) is 0.751. The molecule has 1 aliphatic rings. The normalized spacial score (nSPS) is 14.0. The van der Waals surface area contributed by atoms with E-state index in [1.165, 1.54) is 30.9 Å². The Morgan fingerprint density at radius 2 is 1.88 bits per heavy atom. The molecule has 0 fully saturated rings. The molecule has 1 aromatic rings. The highest BCUT2D eigenvalue weighted by atomic mass is 32.2. The standard InChI is InChI=1S/C17H21NO6S/c1-12(19)8-13-6-4-5-7-14(13)15-16(23-10-21-2)18(9-25-15)17(20)24-11-22-3/h4-7H,8-11H2,1-3H3. The van der Waals surface area contributed by atoms with E-state index >= 15 is 0 Å². The van der Waals surface area contributed by atoms with Crippen molar-refractivity contribution in [2.45, 2.75) is 13.3 Å². The van der Waals surface area contributed by atoms with Crippen LogP contribution in [0.15, 0.2) is 30.1 Å². The molecule has 1 aliphatic heterocycles. The molecule has 7 nitrogen and oxygen atoms in total. The SMILES string of the molecule is COCOC(=O)N1CSC(c2ccccc2CC(C)=O)=C1OCOC. The zero-order valence-corrected chi connectivity index (χ0v) is 15.3. The molecular formula is C17H21NO6S. The number of methoxy groups -OCH3 is 2. The highest BCUT2D eigenvalue weighted by Gasteiger charge is 2.33. The van der Waals surface area contributed by atoms with Crippen molar-refractivity contribution in [1.29, 1.82) is 0 Å². The maximum Gasteiger partial charge on any atom is 0.419 e. The lowest BCUT2D eigenvalue weighted by molar-refractivity contribution is -0.116. The number of carbonyl (C=O) groups is 2. The molecule has 0 spiro atoms. The fourth-order valence-electron chi connectivity index (χ4n) is 2.31. The molecule has 0 aliphatic carbocycles. The van der Waals surface area contributed by atoms with E-state index < -0.39 is 6.09 Å². The van der Waals surface area contributed by atoms with Crippen LogP contribution in [0.5, 0.6) is 0 Å². The zero-order valence-electron chi connectivity index (χ0n) is 14.4. The van der Waals surface area contributed by atoms with Gasteiger partial charge in [-0.25, -0.2) is 9.69 Å². The third-order valence-corrected chi connectivity index (χ3v) is 4.38. The average molecular weight is 367 g/mol. The summed E-state index contributed by atoms with van der Waals surface area (Å²) in [6, 6.07) is 7.56. The van der Waals surface area contributed by atoms with E-state index in [4.69, 9.17) is 18.9 Å². The van der Waals surface area contributed by atoms with Crippen LogP contribution >= 0.6 is 11.8 Å². The number of ether oxygens (including phenoxy) is 4.